The molecule has 0 aromatic carbocycles. The van der Waals surface area contributed by atoms with E-state index in [1.165, 1.54) is 16.3 Å². The lowest BCUT2D eigenvalue weighted by Gasteiger charge is -2.35. The summed E-state index contributed by atoms with van der Waals surface area (Å²) in [5.41, 5.74) is 0.719. The Labute approximate surface area is 134 Å². The van der Waals surface area contributed by atoms with Crippen LogP contribution in [0.15, 0.2) is 27.9 Å². The summed E-state index contributed by atoms with van der Waals surface area (Å²) < 4.78 is 1.41. The summed E-state index contributed by atoms with van der Waals surface area (Å²) in [4.78, 5) is 40.0. The molecule has 1 aromatic heterocycles. The summed E-state index contributed by atoms with van der Waals surface area (Å²) >= 11 is 0. The van der Waals surface area contributed by atoms with E-state index in [1.54, 1.807) is 0 Å². The lowest BCUT2D eigenvalue weighted by molar-refractivity contribution is 0.160. The number of aromatic nitrogens is 2. The zero-order chi connectivity index (χ0) is 16.6. The summed E-state index contributed by atoms with van der Waals surface area (Å²) in [6.45, 7) is 6.45. The van der Waals surface area contributed by atoms with Crippen molar-refractivity contribution in [2.75, 3.05) is 0 Å². The number of amides is 2. The first-order valence-electron chi connectivity index (χ1n) is 8.05. The van der Waals surface area contributed by atoms with Crippen LogP contribution in [0.1, 0.15) is 38.2 Å². The van der Waals surface area contributed by atoms with Crippen molar-refractivity contribution in [2.45, 2.75) is 57.8 Å². The Balaban J connectivity index is 1.69. The van der Waals surface area contributed by atoms with E-state index in [-0.39, 0.29) is 24.7 Å². The van der Waals surface area contributed by atoms with Crippen LogP contribution in [0.3, 0.4) is 0 Å². The van der Waals surface area contributed by atoms with Gasteiger partial charge in [0.1, 0.15) is 0 Å². The summed E-state index contributed by atoms with van der Waals surface area (Å²) in [6, 6.07) is 0.312. The number of H-pyrrole nitrogens is 1. The van der Waals surface area contributed by atoms with Crippen molar-refractivity contribution in [2.24, 2.45) is 0 Å². The van der Waals surface area contributed by atoms with Gasteiger partial charge in [0, 0.05) is 24.8 Å². The first-order valence-corrected chi connectivity index (χ1v) is 8.05. The molecule has 124 valence electrons. The number of nitrogens with one attached hydrogen (secondary N) is 2. The van der Waals surface area contributed by atoms with Crippen molar-refractivity contribution in [3.8, 4) is 0 Å². The number of hydrogen-bond donors (Lipinski definition) is 2. The first kappa shape index (κ1) is 15.6. The Morgan fingerprint density at radius 2 is 2.00 bits per heavy atom. The van der Waals surface area contributed by atoms with Gasteiger partial charge < -0.3 is 14.8 Å². The number of aromatic amines is 1. The second kappa shape index (κ2) is 6.06. The Kier molecular flexibility index (Phi) is 4.11. The van der Waals surface area contributed by atoms with Gasteiger partial charge in [0.2, 0.25) is 0 Å². The van der Waals surface area contributed by atoms with Crippen LogP contribution < -0.4 is 16.6 Å². The van der Waals surface area contributed by atoms with Crippen molar-refractivity contribution in [3.05, 3.63) is 44.8 Å². The number of urea groups is 1. The molecular formula is C16H22N4O3. The summed E-state index contributed by atoms with van der Waals surface area (Å²) in [5, 5.41) is 2.82. The molecule has 2 saturated heterocycles. The minimum absolute atomic E-state index is 0.116. The molecule has 7 nitrogen and oxygen atoms in total. The first-order chi connectivity index (χ1) is 11.0. The number of hydrogen-bond acceptors (Lipinski definition) is 3. The Morgan fingerprint density at radius 1 is 1.35 bits per heavy atom. The van der Waals surface area contributed by atoms with E-state index in [1.807, 2.05) is 11.8 Å². The number of nitrogens with zero attached hydrogens (tertiary/aromatic N) is 2. The predicted octanol–water partition coefficient (Wildman–Crippen LogP) is 0.949. The van der Waals surface area contributed by atoms with E-state index >= 15 is 0 Å². The molecule has 23 heavy (non-hydrogen) atoms. The summed E-state index contributed by atoms with van der Waals surface area (Å²) in [5.74, 6) is 0. The van der Waals surface area contributed by atoms with Crippen molar-refractivity contribution in [1.82, 2.24) is 19.8 Å². The van der Waals surface area contributed by atoms with Gasteiger partial charge in [0.15, 0.2) is 0 Å². The third-order valence-corrected chi connectivity index (χ3v) is 4.76. The van der Waals surface area contributed by atoms with Crippen molar-refractivity contribution >= 4 is 6.03 Å². The normalized spacial score (nSPS) is 23.2. The maximum Gasteiger partial charge on any atom is 0.328 e. The minimum atomic E-state index is -0.449. The molecule has 2 bridgehead atoms. The molecule has 0 radical (unpaired) electrons. The molecule has 2 fully saturated rings. The Bertz CT molecular complexity index is 732. The van der Waals surface area contributed by atoms with Crippen LogP contribution in [0.25, 0.3) is 0 Å². The van der Waals surface area contributed by atoms with Gasteiger partial charge in [-0.3, -0.25) is 9.78 Å². The van der Waals surface area contributed by atoms with Crippen molar-refractivity contribution in [1.29, 1.82) is 0 Å². The van der Waals surface area contributed by atoms with Crippen LogP contribution in [0, 0.1) is 0 Å². The molecule has 2 N–H and O–H groups in total. The molecule has 1 aromatic rings. The molecule has 2 atom stereocenters. The predicted molar refractivity (Wildman–Crippen MR) is 86.3 cm³/mol. The minimum Gasteiger partial charge on any atom is -0.334 e. The highest BCUT2D eigenvalue weighted by Crippen LogP contribution is 2.37. The van der Waals surface area contributed by atoms with E-state index < -0.39 is 11.2 Å². The van der Waals surface area contributed by atoms with Gasteiger partial charge in [-0.15, -0.1) is 0 Å². The van der Waals surface area contributed by atoms with Crippen LogP contribution in [-0.4, -0.2) is 32.6 Å². The van der Waals surface area contributed by atoms with Gasteiger partial charge in [-0.1, -0.05) is 12.2 Å². The lowest BCUT2D eigenvalue weighted by Crippen LogP contribution is -2.49. The number of rotatable bonds is 3. The second-order valence-electron chi connectivity index (χ2n) is 6.31. The molecule has 0 aliphatic carbocycles. The van der Waals surface area contributed by atoms with Crippen LogP contribution in [0.4, 0.5) is 4.79 Å². The van der Waals surface area contributed by atoms with Crippen LogP contribution >= 0.6 is 0 Å². The summed E-state index contributed by atoms with van der Waals surface area (Å²) in [6.07, 6.45) is 5.27. The fraction of sp³-hybridized carbons (Fsp3) is 0.562. The largest absolute Gasteiger partial charge is 0.334 e. The van der Waals surface area contributed by atoms with E-state index in [2.05, 4.69) is 16.9 Å². The van der Waals surface area contributed by atoms with E-state index in [0.29, 0.717) is 12.1 Å². The monoisotopic (exact) mass is 318 g/mol. The second-order valence-corrected chi connectivity index (χ2v) is 6.31. The fourth-order valence-electron chi connectivity index (χ4n) is 3.62. The maximum atomic E-state index is 12.5. The molecule has 2 aliphatic heterocycles. The smallest absolute Gasteiger partial charge is 0.328 e. The molecule has 2 amide bonds. The van der Waals surface area contributed by atoms with Crippen molar-refractivity contribution < 1.29 is 4.79 Å². The average molecular weight is 318 g/mol. The van der Waals surface area contributed by atoms with Crippen molar-refractivity contribution in [3.63, 3.8) is 0 Å². The quantitative estimate of drug-likeness (QED) is 0.813. The number of aryl methyl sites for hydroxylation is 1. The highest BCUT2D eigenvalue weighted by molar-refractivity contribution is 5.75. The van der Waals surface area contributed by atoms with E-state index in [4.69, 9.17) is 0 Å². The standard InChI is InChI=1S/C16H22N4O3/c1-3-19-9-11(14(21)18-16(19)23)8-17-15(22)20-12-4-5-13(20)7-10(2)6-12/h9,12-13H,2-8H2,1H3,(H,17,22)(H,18,21,23). The van der Waals surface area contributed by atoms with Gasteiger partial charge in [-0.25, -0.2) is 9.59 Å². The number of carbonyl (C=O) groups excluding carboxylic acids is 1. The Morgan fingerprint density at radius 3 is 2.61 bits per heavy atom. The molecule has 0 spiro atoms. The highest BCUT2D eigenvalue weighted by Gasteiger charge is 2.40. The zero-order valence-corrected chi connectivity index (χ0v) is 13.3. The van der Waals surface area contributed by atoms with Crippen LogP contribution in [-0.2, 0) is 13.1 Å². The third-order valence-electron chi connectivity index (χ3n) is 4.76. The topological polar surface area (TPSA) is 87.2 Å². The fourth-order valence-corrected chi connectivity index (χ4v) is 3.62. The molecule has 3 rings (SSSR count). The summed E-state index contributed by atoms with van der Waals surface area (Å²) in [7, 11) is 0. The SMILES string of the molecule is C=C1CC2CCC(C1)N2C(=O)NCc1cn(CC)c(=O)[nH]c1=O. The maximum absolute atomic E-state index is 12.5. The molecule has 0 saturated carbocycles. The molecular weight excluding hydrogens is 296 g/mol. The number of fused-ring (bicyclic) bond motifs is 2. The van der Waals surface area contributed by atoms with Gasteiger partial charge in [-0.2, -0.15) is 0 Å². The molecule has 2 unspecified atom stereocenters. The van der Waals surface area contributed by atoms with E-state index in [0.717, 1.165) is 25.7 Å². The third kappa shape index (κ3) is 2.95. The van der Waals surface area contributed by atoms with Gasteiger partial charge in [0.05, 0.1) is 12.1 Å². The van der Waals surface area contributed by atoms with Crippen LogP contribution in [0.5, 0.6) is 0 Å². The zero-order valence-electron chi connectivity index (χ0n) is 13.3. The lowest BCUT2D eigenvalue weighted by atomic mass is 9.99. The Hall–Kier alpha value is -2.31. The van der Waals surface area contributed by atoms with Gasteiger partial charge >= 0.3 is 11.7 Å². The number of piperidine rings is 1. The number of carbonyl (C=O) groups is 1. The van der Waals surface area contributed by atoms with E-state index in [9.17, 15) is 14.4 Å². The van der Waals surface area contributed by atoms with Crippen LogP contribution in [0.2, 0.25) is 0 Å². The van der Waals surface area contributed by atoms with Gasteiger partial charge in [-0.05, 0) is 32.6 Å². The molecule has 3 heterocycles. The highest BCUT2D eigenvalue weighted by atomic mass is 16.2. The average Bonchev–Trinajstić information content (AvgIpc) is 2.78. The van der Waals surface area contributed by atoms with Gasteiger partial charge in [0.25, 0.3) is 5.56 Å². The molecule has 2 aliphatic rings. The molecule has 7 heteroatoms.